The number of Topliss-reactive ketones (excluding diaryl/α,β-unsaturated/α-hetero) is 1. The van der Waals surface area contributed by atoms with Gasteiger partial charge in [-0.25, -0.2) is 0 Å². The van der Waals surface area contributed by atoms with Crippen molar-refractivity contribution in [3.8, 4) is 0 Å². The van der Waals surface area contributed by atoms with E-state index < -0.39 is 0 Å². The first-order chi connectivity index (χ1) is 6.02. The zero-order chi connectivity index (χ0) is 10.0. The summed E-state index contributed by atoms with van der Waals surface area (Å²) < 4.78 is 0. The Morgan fingerprint density at radius 1 is 1.31 bits per heavy atom. The molecule has 4 unspecified atom stereocenters. The third-order valence-electron chi connectivity index (χ3n) is 3.45. The van der Waals surface area contributed by atoms with Gasteiger partial charge >= 0.3 is 0 Å². The molecule has 0 amide bonds. The molecular formula is C11H21NO. The molecule has 0 aromatic rings. The van der Waals surface area contributed by atoms with E-state index in [0.717, 1.165) is 18.8 Å². The minimum absolute atomic E-state index is 0.242. The van der Waals surface area contributed by atoms with Crippen LogP contribution >= 0.6 is 0 Å². The number of hydrogen-bond acceptors (Lipinski definition) is 2. The van der Waals surface area contributed by atoms with Gasteiger partial charge in [-0.05, 0) is 38.0 Å². The maximum atomic E-state index is 11.6. The molecule has 1 fully saturated rings. The quantitative estimate of drug-likeness (QED) is 0.711. The van der Waals surface area contributed by atoms with Crippen molar-refractivity contribution >= 4 is 5.78 Å². The standard InChI is InChI=1S/C11H21NO/c1-7-4-5-10(6-8(7)2)11(13)9(3)12/h7-10H,4-6,12H2,1-3H3. The largest absolute Gasteiger partial charge is 0.322 e. The molecule has 0 heterocycles. The van der Waals surface area contributed by atoms with Gasteiger partial charge in [-0.3, -0.25) is 4.79 Å². The lowest BCUT2D eigenvalue weighted by Crippen LogP contribution is -2.36. The zero-order valence-corrected chi connectivity index (χ0v) is 8.92. The Labute approximate surface area is 80.9 Å². The summed E-state index contributed by atoms with van der Waals surface area (Å²) in [6.07, 6.45) is 3.28. The number of hydrogen-bond donors (Lipinski definition) is 1. The van der Waals surface area contributed by atoms with Crippen LogP contribution in [-0.4, -0.2) is 11.8 Å². The Morgan fingerprint density at radius 2 is 1.92 bits per heavy atom. The molecule has 2 N–H and O–H groups in total. The van der Waals surface area contributed by atoms with E-state index >= 15 is 0 Å². The van der Waals surface area contributed by atoms with Gasteiger partial charge in [0.2, 0.25) is 0 Å². The first kappa shape index (κ1) is 10.7. The molecule has 0 radical (unpaired) electrons. The van der Waals surface area contributed by atoms with E-state index in [0.29, 0.717) is 5.92 Å². The molecule has 13 heavy (non-hydrogen) atoms. The van der Waals surface area contributed by atoms with Crippen LogP contribution in [-0.2, 0) is 4.79 Å². The first-order valence-corrected chi connectivity index (χ1v) is 5.31. The normalized spacial score (nSPS) is 37.1. The van der Waals surface area contributed by atoms with Crippen molar-refractivity contribution in [3.63, 3.8) is 0 Å². The maximum absolute atomic E-state index is 11.6. The van der Waals surface area contributed by atoms with Crippen LogP contribution in [0.4, 0.5) is 0 Å². The third-order valence-corrected chi connectivity index (χ3v) is 3.45. The predicted octanol–water partition coefficient (Wildman–Crippen LogP) is 1.97. The highest BCUT2D eigenvalue weighted by Crippen LogP contribution is 2.33. The van der Waals surface area contributed by atoms with Crippen LogP contribution in [0.2, 0.25) is 0 Å². The van der Waals surface area contributed by atoms with Gasteiger partial charge in [-0.15, -0.1) is 0 Å². The Bertz CT molecular complexity index is 189. The van der Waals surface area contributed by atoms with Crippen molar-refractivity contribution in [2.75, 3.05) is 0 Å². The van der Waals surface area contributed by atoms with Crippen molar-refractivity contribution in [2.45, 2.75) is 46.1 Å². The molecule has 0 aromatic heterocycles. The van der Waals surface area contributed by atoms with Crippen molar-refractivity contribution in [3.05, 3.63) is 0 Å². The van der Waals surface area contributed by atoms with Crippen molar-refractivity contribution < 1.29 is 4.79 Å². The van der Waals surface area contributed by atoms with E-state index in [9.17, 15) is 4.79 Å². The molecule has 1 aliphatic rings. The first-order valence-electron chi connectivity index (χ1n) is 5.31. The fourth-order valence-corrected chi connectivity index (χ4v) is 2.18. The third kappa shape index (κ3) is 2.53. The Hall–Kier alpha value is -0.370. The average Bonchev–Trinajstić information content (AvgIpc) is 2.08. The lowest BCUT2D eigenvalue weighted by Gasteiger charge is -2.31. The molecule has 0 saturated heterocycles. The number of carbonyl (C=O) groups excluding carboxylic acids is 1. The molecular weight excluding hydrogens is 162 g/mol. The summed E-state index contributed by atoms with van der Waals surface area (Å²) in [6, 6.07) is -0.273. The van der Waals surface area contributed by atoms with Crippen molar-refractivity contribution in [2.24, 2.45) is 23.5 Å². The monoisotopic (exact) mass is 183 g/mol. The van der Waals surface area contributed by atoms with Crippen LogP contribution < -0.4 is 5.73 Å². The second kappa shape index (κ2) is 4.23. The van der Waals surface area contributed by atoms with Gasteiger partial charge in [0.1, 0.15) is 0 Å². The fourth-order valence-electron chi connectivity index (χ4n) is 2.18. The van der Waals surface area contributed by atoms with Crippen molar-refractivity contribution in [1.29, 1.82) is 0 Å². The molecule has 1 aliphatic carbocycles. The summed E-state index contributed by atoms with van der Waals surface area (Å²) >= 11 is 0. The lowest BCUT2D eigenvalue weighted by atomic mass is 9.73. The van der Waals surface area contributed by atoms with Crippen LogP contribution in [0, 0.1) is 17.8 Å². The topological polar surface area (TPSA) is 43.1 Å². The number of carbonyl (C=O) groups is 1. The lowest BCUT2D eigenvalue weighted by molar-refractivity contribution is -0.125. The number of rotatable bonds is 2. The molecule has 2 heteroatoms. The summed E-state index contributed by atoms with van der Waals surface area (Å²) in [5.41, 5.74) is 5.60. The summed E-state index contributed by atoms with van der Waals surface area (Å²) in [5.74, 6) is 1.96. The van der Waals surface area contributed by atoms with Crippen LogP contribution in [0.15, 0.2) is 0 Å². The molecule has 1 rings (SSSR count). The highest BCUT2D eigenvalue weighted by molar-refractivity contribution is 5.85. The van der Waals surface area contributed by atoms with Gasteiger partial charge in [0.25, 0.3) is 0 Å². The second-order valence-corrected chi connectivity index (χ2v) is 4.66. The Kier molecular flexibility index (Phi) is 3.48. The number of ketones is 1. The van der Waals surface area contributed by atoms with Gasteiger partial charge in [0, 0.05) is 5.92 Å². The molecule has 0 aromatic carbocycles. The van der Waals surface area contributed by atoms with Crippen molar-refractivity contribution in [1.82, 2.24) is 0 Å². The smallest absolute Gasteiger partial charge is 0.152 e. The van der Waals surface area contributed by atoms with E-state index in [1.165, 1.54) is 6.42 Å². The fraction of sp³-hybridized carbons (Fsp3) is 0.909. The van der Waals surface area contributed by atoms with E-state index in [1.54, 1.807) is 6.92 Å². The van der Waals surface area contributed by atoms with E-state index in [2.05, 4.69) is 13.8 Å². The summed E-state index contributed by atoms with van der Waals surface area (Å²) in [6.45, 7) is 6.31. The SMILES string of the molecule is CC(N)C(=O)C1CCC(C)C(C)C1. The Balaban J connectivity index is 2.50. The molecule has 1 saturated carbocycles. The molecule has 0 bridgehead atoms. The summed E-state index contributed by atoms with van der Waals surface area (Å²) in [5, 5.41) is 0. The molecule has 4 atom stereocenters. The minimum atomic E-state index is -0.273. The van der Waals surface area contributed by atoms with E-state index in [4.69, 9.17) is 5.73 Å². The van der Waals surface area contributed by atoms with Crippen LogP contribution in [0.3, 0.4) is 0 Å². The highest BCUT2D eigenvalue weighted by Gasteiger charge is 2.30. The molecule has 0 spiro atoms. The summed E-state index contributed by atoms with van der Waals surface area (Å²) in [4.78, 5) is 11.6. The van der Waals surface area contributed by atoms with Crippen LogP contribution in [0.5, 0.6) is 0 Å². The molecule has 76 valence electrons. The minimum Gasteiger partial charge on any atom is -0.322 e. The molecule has 0 aliphatic heterocycles. The van der Waals surface area contributed by atoms with E-state index in [1.807, 2.05) is 0 Å². The second-order valence-electron chi connectivity index (χ2n) is 4.66. The van der Waals surface area contributed by atoms with Crippen LogP contribution in [0.25, 0.3) is 0 Å². The van der Waals surface area contributed by atoms with Gasteiger partial charge in [0.15, 0.2) is 5.78 Å². The maximum Gasteiger partial charge on any atom is 0.152 e. The highest BCUT2D eigenvalue weighted by atomic mass is 16.1. The van der Waals surface area contributed by atoms with Crippen LogP contribution in [0.1, 0.15) is 40.0 Å². The van der Waals surface area contributed by atoms with Gasteiger partial charge in [-0.2, -0.15) is 0 Å². The predicted molar refractivity (Wildman–Crippen MR) is 54.3 cm³/mol. The molecule has 2 nitrogen and oxygen atoms in total. The van der Waals surface area contributed by atoms with Gasteiger partial charge in [-0.1, -0.05) is 13.8 Å². The van der Waals surface area contributed by atoms with E-state index in [-0.39, 0.29) is 17.7 Å². The average molecular weight is 183 g/mol. The van der Waals surface area contributed by atoms with Gasteiger partial charge < -0.3 is 5.73 Å². The number of nitrogens with two attached hydrogens (primary N) is 1. The Morgan fingerprint density at radius 3 is 2.38 bits per heavy atom. The van der Waals surface area contributed by atoms with Gasteiger partial charge in [0.05, 0.1) is 6.04 Å². The zero-order valence-electron chi connectivity index (χ0n) is 8.92. The summed E-state index contributed by atoms with van der Waals surface area (Å²) in [7, 11) is 0.